The lowest BCUT2D eigenvalue weighted by atomic mass is 9.95. The first-order chi connectivity index (χ1) is 11.5. The Hall–Kier alpha value is -2.63. The van der Waals surface area contributed by atoms with E-state index in [0.717, 1.165) is 12.0 Å². The van der Waals surface area contributed by atoms with Crippen LogP contribution in [0.2, 0.25) is 0 Å². The van der Waals surface area contributed by atoms with Crippen LogP contribution in [0, 0.1) is 0 Å². The monoisotopic (exact) mass is 329 g/mol. The number of rotatable bonds is 7. The van der Waals surface area contributed by atoms with Gasteiger partial charge < -0.3 is 10.1 Å². The second-order valence-corrected chi connectivity index (χ2v) is 5.93. The van der Waals surface area contributed by atoms with Gasteiger partial charge in [-0.1, -0.05) is 25.5 Å². The summed E-state index contributed by atoms with van der Waals surface area (Å²) in [5.74, 6) is -0.727. The predicted molar refractivity (Wildman–Crippen MR) is 90.6 cm³/mol. The summed E-state index contributed by atoms with van der Waals surface area (Å²) in [5, 5.41) is 6.95. The number of nitrogens with one attached hydrogen (secondary N) is 1. The molecule has 24 heavy (non-hydrogen) atoms. The number of carbonyl (C=O) groups is 2. The Balaban J connectivity index is 2.07. The Labute approximate surface area is 141 Å². The molecule has 1 unspecified atom stereocenters. The van der Waals surface area contributed by atoms with Gasteiger partial charge in [0.25, 0.3) is 5.91 Å². The van der Waals surface area contributed by atoms with Crippen molar-refractivity contribution in [2.45, 2.75) is 38.8 Å². The van der Waals surface area contributed by atoms with Crippen LogP contribution in [0.25, 0.3) is 0 Å². The van der Waals surface area contributed by atoms with Crippen LogP contribution in [0.5, 0.6) is 0 Å². The Morgan fingerprint density at radius 3 is 2.54 bits per heavy atom. The SMILES string of the molecule is CCCC(C)(NC(=O)c1ccc(Cn2cccn2)cc1)C(=O)OC. The van der Waals surface area contributed by atoms with Crippen LogP contribution in [0.3, 0.4) is 0 Å². The lowest BCUT2D eigenvalue weighted by molar-refractivity contribution is -0.147. The van der Waals surface area contributed by atoms with Crippen molar-refractivity contribution in [1.29, 1.82) is 0 Å². The van der Waals surface area contributed by atoms with Crippen LogP contribution in [-0.2, 0) is 16.1 Å². The standard InChI is InChI=1S/C18H23N3O3/c1-4-10-18(2,17(23)24-3)20-16(22)15-8-6-14(7-9-15)13-21-12-5-11-19-21/h5-9,11-12H,4,10,13H2,1-3H3,(H,20,22). The maximum atomic E-state index is 12.4. The van der Waals surface area contributed by atoms with Gasteiger partial charge in [-0.15, -0.1) is 0 Å². The Bertz CT molecular complexity index is 680. The number of esters is 1. The summed E-state index contributed by atoms with van der Waals surface area (Å²) in [5.41, 5.74) is 0.527. The maximum absolute atomic E-state index is 12.4. The molecule has 0 saturated heterocycles. The summed E-state index contributed by atoms with van der Waals surface area (Å²) in [7, 11) is 1.33. The van der Waals surface area contributed by atoms with Crippen molar-refractivity contribution in [2.24, 2.45) is 0 Å². The predicted octanol–water partition coefficient (Wildman–Crippen LogP) is 2.39. The van der Waals surface area contributed by atoms with Crippen molar-refractivity contribution in [2.75, 3.05) is 7.11 Å². The molecule has 6 nitrogen and oxygen atoms in total. The minimum atomic E-state index is -1.02. The number of hydrogen-bond donors (Lipinski definition) is 1. The van der Waals surface area contributed by atoms with Gasteiger partial charge in [0.15, 0.2) is 0 Å². The minimum absolute atomic E-state index is 0.290. The van der Waals surface area contributed by atoms with Crippen molar-refractivity contribution in [3.05, 3.63) is 53.9 Å². The zero-order valence-electron chi connectivity index (χ0n) is 14.3. The van der Waals surface area contributed by atoms with E-state index in [-0.39, 0.29) is 5.91 Å². The molecule has 1 aromatic carbocycles. The highest BCUT2D eigenvalue weighted by Crippen LogP contribution is 2.16. The van der Waals surface area contributed by atoms with Crippen LogP contribution < -0.4 is 5.32 Å². The van der Waals surface area contributed by atoms with Crippen molar-refractivity contribution in [3.63, 3.8) is 0 Å². The van der Waals surface area contributed by atoms with Crippen LogP contribution in [0.15, 0.2) is 42.7 Å². The molecule has 0 aliphatic heterocycles. The van der Waals surface area contributed by atoms with Crippen molar-refractivity contribution >= 4 is 11.9 Å². The molecular weight excluding hydrogens is 306 g/mol. The van der Waals surface area contributed by atoms with E-state index < -0.39 is 11.5 Å². The van der Waals surface area contributed by atoms with Gasteiger partial charge in [-0.25, -0.2) is 4.79 Å². The average molecular weight is 329 g/mol. The zero-order valence-corrected chi connectivity index (χ0v) is 14.3. The average Bonchev–Trinajstić information content (AvgIpc) is 3.07. The molecule has 1 atom stereocenters. The van der Waals surface area contributed by atoms with Gasteiger partial charge in [0.2, 0.25) is 0 Å². The van der Waals surface area contributed by atoms with Gasteiger partial charge in [-0.05, 0) is 37.1 Å². The van der Waals surface area contributed by atoms with Crippen LogP contribution in [-0.4, -0.2) is 34.3 Å². The highest BCUT2D eigenvalue weighted by atomic mass is 16.5. The second-order valence-electron chi connectivity index (χ2n) is 5.93. The van der Waals surface area contributed by atoms with Gasteiger partial charge in [-0.2, -0.15) is 5.10 Å². The summed E-state index contributed by atoms with van der Waals surface area (Å²) in [6, 6.07) is 9.12. The molecule has 128 valence electrons. The zero-order chi connectivity index (χ0) is 17.6. The fraction of sp³-hybridized carbons (Fsp3) is 0.389. The van der Waals surface area contributed by atoms with E-state index in [4.69, 9.17) is 4.74 Å². The van der Waals surface area contributed by atoms with Crippen LogP contribution in [0.1, 0.15) is 42.6 Å². The van der Waals surface area contributed by atoms with Gasteiger partial charge >= 0.3 is 5.97 Å². The summed E-state index contributed by atoms with van der Waals surface area (Å²) < 4.78 is 6.63. The third-order valence-electron chi connectivity index (χ3n) is 3.90. The van der Waals surface area contributed by atoms with Gasteiger partial charge in [0.05, 0.1) is 13.7 Å². The molecule has 6 heteroatoms. The van der Waals surface area contributed by atoms with Gasteiger partial charge in [0, 0.05) is 18.0 Å². The third-order valence-corrected chi connectivity index (χ3v) is 3.90. The topological polar surface area (TPSA) is 73.2 Å². The van der Waals surface area contributed by atoms with E-state index in [1.165, 1.54) is 7.11 Å². The number of carbonyl (C=O) groups excluding carboxylic acids is 2. The van der Waals surface area contributed by atoms with Crippen molar-refractivity contribution in [3.8, 4) is 0 Å². The Kier molecular flexibility index (Phi) is 5.73. The third kappa shape index (κ3) is 4.22. The molecule has 0 bridgehead atoms. The van der Waals surface area contributed by atoms with Crippen LogP contribution in [0.4, 0.5) is 0 Å². The summed E-state index contributed by atoms with van der Waals surface area (Å²) >= 11 is 0. The summed E-state index contributed by atoms with van der Waals surface area (Å²) in [6.07, 6.45) is 4.88. The number of aromatic nitrogens is 2. The van der Waals surface area contributed by atoms with Gasteiger partial charge in [0.1, 0.15) is 5.54 Å². The summed E-state index contributed by atoms with van der Waals surface area (Å²) in [6.45, 7) is 4.29. The molecule has 0 aliphatic carbocycles. The first kappa shape index (κ1) is 17.7. The molecular formula is C18H23N3O3. The molecule has 0 radical (unpaired) electrons. The number of hydrogen-bond acceptors (Lipinski definition) is 4. The quantitative estimate of drug-likeness (QED) is 0.792. The number of benzene rings is 1. The number of ether oxygens (including phenoxy) is 1. The minimum Gasteiger partial charge on any atom is -0.467 e. The van der Waals surface area contributed by atoms with Gasteiger partial charge in [-0.3, -0.25) is 9.48 Å². The fourth-order valence-corrected chi connectivity index (χ4v) is 2.61. The first-order valence-corrected chi connectivity index (χ1v) is 7.96. The Morgan fingerprint density at radius 1 is 1.29 bits per heavy atom. The number of amides is 1. The van der Waals surface area contributed by atoms with E-state index in [1.807, 2.05) is 36.0 Å². The molecule has 1 N–H and O–H groups in total. The largest absolute Gasteiger partial charge is 0.467 e. The smallest absolute Gasteiger partial charge is 0.331 e. The number of nitrogens with zero attached hydrogens (tertiary/aromatic N) is 2. The van der Waals surface area contributed by atoms with E-state index in [1.54, 1.807) is 25.3 Å². The molecule has 2 aromatic rings. The van der Waals surface area contributed by atoms with Crippen molar-refractivity contribution < 1.29 is 14.3 Å². The van der Waals surface area contributed by atoms with Crippen molar-refractivity contribution in [1.82, 2.24) is 15.1 Å². The lowest BCUT2D eigenvalue weighted by Gasteiger charge is -2.27. The highest BCUT2D eigenvalue weighted by Gasteiger charge is 2.35. The second kappa shape index (κ2) is 7.77. The van der Waals surface area contributed by atoms with E-state index in [9.17, 15) is 9.59 Å². The molecule has 1 heterocycles. The Morgan fingerprint density at radius 2 is 2.00 bits per heavy atom. The molecule has 0 saturated carbocycles. The van der Waals surface area contributed by atoms with Crippen LogP contribution >= 0.6 is 0 Å². The maximum Gasteiger partial charge on any atom is 0.331 e. The van der Waals surface area contributed by atoms with E-state index in [0.29, 0.717) is 18.5 Å². The normalized spacial score (nSPS) is 13.1. The van der Waals surface area contributed by atoms with E-state index >= 15 is 0 Å². The lowest BCUT2D eigenvalue weighted by Crippen LogP contribution is -2.52. The fourth-order valence-electron chi connectivity index (χ4n) is 2.61. The summed E-state index contributed by atoms with van der Waals surface area (Å²) in [4.78, 5) is 24.4. The molecule has 0 fully saturated rings. The molecule has 0 aliphatic rings. The number of methoxy groups -OCH3 is 1. The highest BCUT2D eigenvalue weighted by molar-refractivity contribution is 5.98. The van der Waals surface area contributed by atoms with E-state index in [2.05, 4.69) is 10.4 Å². The molecule has 1 aromatic heterocycles. The molecule has 1 amide bonds. The molecule has 2 rings (SSSR count). The molecule has 0 spiro atoms. The first-order valence-electron chi connectivity index (χ1n) is 7.96.